The van der Waals surface area contributed by atoms with Gasteiger partial charge in [-0.05, 0) is 48.7 Å². The third-order valence-electron chi connectivity index (χ3n) is 5.72. The molecule has 0 aliphatic carbocycles. The Morgan fingerprint density at radius 3 is 2.84 bits per heavy atom. The van der Waals surface area contributed by atoms with Gasteiger partial charge >= 0.3 is 6.03 Å². The fourth-order valence-electron chi connectivity index (χ4n) is 3.94. The third kappa shape index (κ3) is 4.18. The summed E-state index contributed by atoms with van der Waals surface area (Å²) in [6, 6.07) is 13.1. The van der Waals surface area contributed by atoms with Crippen molar-refractivity contribution in [2.45, 2.75) is 25.3 Å². The molecule has 2 aromatic carbocycles. The van der Waals surface area contributed by atoms with E-state index in [1.54, 1.807) is 7.11 Å². The molecule has 3 heterocycles. The minimum atomic E-state index is -0.0963. The van der Waals surface area contributed by atoms with Crippen LogP contribution in [0.25, 0.3) is 11.5 Å². The number of aromatic nitrogens is 2. The topological polar surface area (TPSA) is 99.0 Å². The number of piperidine rings is 1. The molecule has 3 aromatic rings. The van der Waals surface area contributed by atoms with Crippen LogP contribution in [-0.2, 0) is 6.54 Å². The second-order valence-corrected chi connectivity index (χ2v) is 7.81. The van der Waals surface area contributed by atoms with Gasteiger partial charge in [-0.3, -0.25) is 0 Å². The van der Waals surface area contributed by atoms with Crippen molar-refractivity contribution in [1.29, 1.82) is 0 Å². The van der Waals surface area contributed by atoms with E-state index < -0.39 is 0 Å². The molecule has 1 fully saturated rings. The van der Waals surface area contributed by atoms with Gasteiger partial charge in [0.05, 0.1) is 13.0 Å². The summed E-state index contributed by atoms with van der Waals surface area (Å²) in [5, 5.41) is 11.4. The maximum atomic E-state index is 12.7. The summed E-state index contributed by atoms with van der Waals surface area (Å²) in [5.41, 5.74) is 1.79. The monoisotopic (exact) mass is 436 g/mol. The molecule has 1 unspecified atom stereocenters. The fourth-order valence-corrected chi connectivity index (χ4v) is 3.94. The molecule has 32 heavy (non-hydrogen) atoms. The number of urea groups is 1. The van der Waals surface area contributed by atoms with Crippen molar-refractivity contribution >= 4 is 6.03 Å². The molecule has 0 spiro atoms. The molecule has 1 saturated heterocycles. The van der Waals surface area contributed by atoms with Crippen LogP contribution in [0.3, 0.4) is 0 Å². The number of carbonyl (C=O) groups is 1. The number of ether oxygens (including phenoxy) is 3. The molecular formula is C23H24N4O5. The van der Waals surface area contributed by atoms with Crippen LogP contribution in [0.1, 0.15) is 30.2 Å². The molecule has 2 aliphatic heterocycles. The Hall–Kier alpha value is -3.75. The molecule has 2 amide bonds. The highest BCUT2D eigenvalue weighted by Gasteiger charge is 2.29. The summed E-state index contributed by atoms with van der Waals surface area (Å²) in [7, 11) is 1.63. The second kappa shape index (κ2) is 8.78. The van der Waals surface area contributed by atoms with Crippen LogP contribution in [0.15, 0.2) is 46.9 Å². The molecule has 9 nitrogen and oxygen atoms in total. The van der Waals surface area contributed by atoms with Crippen LogP contribution < -0.4 is 19.5 Å². The van der Waals surface area contributed by atoms with Crippen molar-refractivity contribution in [2.75, 3.05) is 27.0 Å². The lowest BCUT2D eigenvalue weighted by molar-refractivity contribution is 0.173. The Bertz CT molecular complexity index is 1100. The van der Waals surface area contributed by atoms with Gasteiger partial charge in [-0.25, -0.2) is 4.79 Å². The summed E-state index contributed by atoms with van der Waals surface area (Å²) < 4.78 is 21.9. The lowest BCUT2D eigenvalue weighted by atomic mass is 9.98. The van der Waals surface area contributed by atoms with E-state index in [2.05, 4.69) is 15.5 Å². The van der Waals surface area contributed by atoms with E-state index in [1.165, 1.54) is 0 Å². The highest BCUT2D eigenvalue weighted by molar-refractivity contribution is 5.74. The highest BCUT2D eigenvalue weighted by Crippen LogP contribution is 2.36. The van der Waals surface area contributed by atoms with Gasteiger partial charge in [0.1, 0.15) is 5.75 Å². The first-order valence-corrected chi connectivity index (χ1v) is 10.6. The van der Waals surface area contributed by atoms with E-state index in [4.69, 9.17) is 18.6 Å². The van der Waals surface area contributed by atoms with Gasteiger partial charge in [0, 0.05) is 25.2 Å². The molecular weight excluding hydrogens is 412 g/mol. The number of amides is 2. The Morgan fingerprint density at radius 1 is 1.16 bits per heavy atom. The van der Waals surface area contributed by atoms with Crippen LogP contribution in [0.5, 0.6) is 17.2 Å². The molecule has 166 valence electrons. The van der Waals surface area contributed by atoms with E-state index >= 15 is 0 Å². The number of hydrogen-bond donors (Lipinski definition) is 1. The predicted molar refractivity (Wildman–Crippen MR) is 115 cm³/mol. The summed E-state index contributed by atoms with van der Waals surface area (Å²) in [5.74, 6) is 3.14. The number of rotatable bonds is 5. The maximum absolute atomic E-state index is 12.7. The zero-order valence-corrected chi connectivity index (χ0v) is 17.7. The lowest BCUT2D eigenvalue weighted by Crippen LogP contribution is -2.44. The first kappa shape index (κ1) is 20.2. The summed E-state index contributed by atoms with van der Waals surface area (Å²) in [4.78, 5) is 14.5. The minimum absolute atomic E-state index is 0.00532. The average Bonchev–Trinajstić information content (AvgIpc) is 3.52. The van der Waals surface area contributed by atoms with Gasteiger partial charge in [-0.2, -0.15) is 0 Å². The molecule has 5 rings (SSSR count). The zero-order chi connectivity index (χ0) is 21.9. The molecule has 0 radical (unpaired) electrons. The number of hydrogen-bond acceptors (Lipinski definition) is 7. The number of methoxy groups -OCH3 is 1. The smallest absolute Gasteiger partial charge is 0.317 e. The average molecular weight is 436 g/mol. The molecule has 1 N–H and O–H groups in total. The quantitative estimate of drug-likeness (QED) is 0.653. The van der Waals surface area contributed by atoms with E-state index in [1.807, 2.05) is 47.4 Å². The van der Waals surface area contributed by atoms with E-state index in [9.17, 15) is 4.79 Å². The standard InChI is InChI=1S/C23H24N4O5/c1-29-18-7-4-15(5-8-18)12-24-23(28)27-10-2-3-17(13-27)22-26-25-21(32-22)16-6-9-19-20(11-16)31-14-30-19/h4-9,11,17H,2-3,10,12-14H2,1H3,(H,24,28). The third-order valence-corrected chi connectivity index (χ3v) is 5.72. The minimum Gasteiger partial charge on any atom is -0.497 e. The predicted octanol–water partition coefficient (Wildman–Crippen LogP) is 3.56. The van der Waals surface area contributed by atoms with Crippen molar-refractivity contribution in [3.05, 3.63) is 53.9 Å². The number of likely N-dealkylation sites (tertiary alicyclic amines) is 1. The van der Waals surface area contributed by atoms with Gasteiger partial charge in [-0.1, -0.05) is 12.1 Å². The second-order valence-electron chi connectivity index (χ2n) is 7.81. The largest absolute Gasteiger partial charge is 0.497 e. The van der Waals surface area contributed by atoms with Gasteiger partial charge < -0.3 is 28.8 Å². The van der Waals surface area contributed by atoms with Gasteiger partial charge in [0.15, 0.2) is 11.5 Å². The van der Waals surface area contributed by atoms with Gasteiger partial charge in [0.2, 0.25) is 18.6 Å². The van der Waals surface area contributed by atoms with Crippen LogP contribution in [0.4, 0.5) is 4.79 Å². The van der Waals surface area contributed by atoms with Crippen molar-refractivity contribution in [3.8, 4) is 28.7 Å². The van der Waals surface area contributed by atoms with E-state index in [-0.39, 0.29) is 18.7 Å². The highest BCUT2D eigenvalue weighted by atomic mass is 16.7. The summed E-state index contributed by atoms with van der Waals surface area (Å²) in [6.07, 6.45) is 1.77. The van der Waals surface area contributed by atoms with Crippen LogP contribution in [-0.4, -0.2) is 48.1 Å². The number of nitrogens with zero attached hydrogens (tertiary/aromatic N) is 3. The Kier molecular flexibility index (Phi) is 5.53. The van der Waals surface area contributed by atoms with Crippen molar-refractivity contribution in [2.24, 2.45) is 0 Å². The molecule has 2 aliphatic rings. The molecule has 9 heteroatoms. The zero-order valence-electron chi connectivity index (χ0n) is 17.7. The number of benzene rings is 2. The van der Waals surface area contributed by atoms with Crippen molar-refractivity contribution in [1.82, 2.24) is 20.4 Å². The molecule has 1 atom stereocenters. The fraction of sp³-hybridized carbons (Fsp3) is 0.348. The number of nitrogens with one attached hydrogen (secondary N) is 1. The summed E-state index contributed by atoms with van der Waals surface area (Å²) >= 11 is 0. The summed E-state index contributed by atoms with van der Waals surface area (Å²) in [6.45, 7) is 1.91. The van der Waals surface area contributed by atoms with Gasteiger partial charge in [-0.15, -0.1) is 10.2 Å². The Morgan fingerprint density at radius 2 is 2.00 bits per heavy atom. The van der Waals surface area contributed by atoms with Crippen molar-refractivity contribution in [3.63, 3.8) is 0 Å². The molecule has 0 bridgehead atoms. The first-order valence-electron chi connectivity index (χ1n) is 10.6. The lowest BCUT2D eigenvalue weighted by Gasteiger charge is -2.31. The Balaban J connectivity index is 1.20. The molecule has 0 saturated carbocycles. The van der Waals surface area contributed by atoms with Crippen LogP contribution >= 0.6 is 0 Å². The number of fused-ring (bicyclic) bond motifs is 1. The van der Waals surface area contributed by atoms with Crippen LogP contribution in [0.2, 0.25) is 0 Å². The number of carbonyl (C=O) groups excluding carboxylic acids is 1. The van der Waals surface area contributed by atoms with Crippen molar-refractivity contribution < 1.29 is 23.4 Å². The van der Waals surface area contributed by atoms with Crippen LogP contribution in [0, 0.1) is 0 Å². The van der Waals surface area contributed by atoms with E-state index in [0.717, 1.165) is 29.7 Å². The van der Waals surface area contributed by atoms with E-state index in [0.29, 0.717) is 42.9 Å². The maximum Gasteiger partial charge on any atom is 0.317 e. The Labute approximate surface area is 185 Å². The first-order chi connectivity index (χ1) is 15.7. The SMILES string of the molecule is COc1ccc(CNC(=O)N2CCCC(c3nnc(-c4ccc5c(c4)OCO5)o3)C2)cc1. The molecule has 1 aromatic heterocycles. The van der Waals surface area contributed by atoms with Gasteiger partial charge in [0.25, 0.3) is 0 Å². The normalized spacial score (nSPS) is 17.3.